The Morgan fingerprint density at radius 3 is 2.46 bits per heavy atom. The lowest BCUT2D eigenvalue weighted by atomic mass is 9.81. The molecule has 28 heavy (non-hydrogen) atoms. The average Bonchev–Trinajstić information content (AvgIpc) is 2.89. The first-order valence-electron chi connectivity index (χ1n) is 9.65. The molecule has 0 saturated carbocycles. The summed E-state index contributed by atoms with van der Waals surface area (Å²) in [6.07, 6.45) is 1.37. The van der Waals surface area contributed by atoms with Crippen LogP contribution in [0.2, 0.25) is 5.02 Å². The number of hydrogen-bond acceptors (Lipinski definition) is 3. The first-order chi connectivity index (χ1) is 13.3. The van der Waals surface area contributed by atoms with Crippen LogP contribution in [0.25, 0.3) is 11.0 Å². The minimum Gasteiger partial charge on any atom is -0.385 e. The van der Waals surface area contributed by atoms with E-state index in [-0.39, 0.29) is 11.7 Å². The topological polar surface area (TPSA) is 50.4 Å². The van der Waals surface area contributed by atoms with Crippen molar-refractivity contribution < 1.29 is 5.11 Å². The third-order valence-electron chi connectivity index (χ3n) is 6.17. The van der Waals surface area contributed by atoms with E-state index in [9.17, 15) is 9.90 Å². The van der Waals surface area contributed by atoms with Gasteiger partial charge in [-0.05, 0) is 55.2 Å². The highest BCUT2D eigenvalue weighted by molar-refractivity contribution is 6.30. The van der Waals surface area contributed by atoms with Crippen molar-refractivity contribution in [1.82, 2.24) is 14.0 Å². The number of aryl methyl sites for hydroxylation is 2. The molecule has 1 aliphatic rings. The van der Waals surface area contributed by atoms with Crippen molar-refractivity contribution in [2.75, 3.05) is 6.54 Å². The zero-order chi connectivity index (χ0) is 20.1. The van der Waals surface area contributed by atoms with Crippen LogP contribution in [0.15, 0.2) is 47.3 Å². The second-order valence-corrected chi connectivity index (χ2v) is 8.47. The van der Waals surface area contributed by atoms with Crippen molar-refractivity contribution >= 4 is 22.6 Å². The molecule has 0 bridgehead atoms. The van der Waals surface area contributed by atoms with E-state index >= 15 is 0 Å². The summed E-state index contributed by atoms with van der Waals surface area (Å²) in [6, 6.07) is 14.0. The van der Waals surface area contributed by atoms with E-state index in [1.807, 2.05) is 37.4 Å². The summed E-state index contributed by atoms with van der Waals surface area (Å²) < 4.78 is 3.37. The monoisotopic (exact) mass is 399 g/mol. The second-order valence-electron chi connectivity index (χ2n) is 8.04. The lowest BCUT2D eigenvalue weighted by molar-refractivity contribution is -0.0502. The van der Waals surface area contributed by atoms with Crippen molar-refractivity contribution in [1.29, 1.82) is 0 Å². The highest BCUT2D eigenvalue weighted by Gasteiger charge is 2.37. The molecule has 148 valence electrons. The Labute approximate surface area is 169 Å². The van der Waals surface area contributed by atoms with Crippen LogP contribution in [0.5, 0.6) is 0 Å². The van der Waals surface area contributed by atoms with Crippen molar-refractivity contribution in [3.8, 4) is 0 Å². The number of nitrogens with zero attached hydrogens (tertiary/aromatic N) is 3. The third-order valence-corrected chi connectivity index (χ3v) is 6.42. The molecular formula is C22H26ClN3O2. The fraction of sp³-hybridized carbons (Fsp3) is 0.409. The third kappa shape index (κ3) is 3.28. The number of hydrogen-bond donors (Lipinski definition) is 1. The number of imidazole rings is 1. The van der Waals surface area contributed by atoms with E-state index in [1.54, 1.807) is 16.2 Å². The number of piperidine rings is 1. The molecule has 2 aromatic carbocycles. The van der Waals surface area contributed by atoms with Gasteiger partial charge in [0.15, 0.2) is 0 Å². The molecule has 1 aromatic heterocycles. The van der Waals surface area contributed by atoms with Gasteiger partial charge in [0.1, 0.15) is 0 Å². The zero-order valence-corrected chi connectivity index (χ0v) is 17.3. The maximum absolute atomic E-state index is 12.1. The van der Waals surface area contributed by atoms with E-state index in [2.05, 4.69) is 24.0 Å². The standard InChI is InChI=1S/C22H26ClN3O2/c1-15-13-22(28,17-5-7-18(23)8-6-17)10-11-26(15)14-16-4-9-19-20(12-16)25(3)21(27)24(19)2/h4-9,12,15,28H,10-11,13-14H2,1-3H3/t15-,22+/m0/s1. The first kappa shape index (κ1) is 19.2. The Bertz CT molecular complexity index is 1070. The van der Waals surface area contributed by atoms with Crippen LogP contribution in [-0.4, -0.2) is 31.7 Å². The van der Waals surface area contributed by atoms with Crippen LogP contribution in [0.3, 0.4) is 0 Å². The van der Waals surface area contributed by atoms with Gasteiger partial charge in [0.05, 0.1) is 16.6 Å². The minimum atomic E-state index is -0.812. The zero-order valence-electron chi connectivity index (χ0n) is 16.5. The summed E-state index contributed by atoms with van der Waals surface area (Å²) >= 11 is 5.99. The molecule has 5 nitrogen and oxygen atoms in total. The molecule has 0 amide bonds. The molecule has 1 fully saturated rings. The van der Waals surface area contributed by atoms with E-state index < -0.39 is 5.60 Å². The smallest absolute Gasteiger partial charge is 0.328 e. The van der Waals surface area contributed by atoms with Crippen LogP contribution >= 0.6 is 11.6 Å². The number of aromatic nitrogens is 2. The van der Waals surface area contributed by atoms with Gasteiger partial charge in [-0.25, -0.2) is 4.79 Å². The van der Waals surface area contributed by atoms with Crippen LogP contribution in [-0.2, 0) is 26.2 Å². The van der Waals surface area contributed by atoms with Crippen molar-refractivity contribution in [3.05, 3.63) is 69.1 Å². The molecule has 2 heterocycles. The number of aliphatic hydroxyl groups is 1. The molecule has 0 spiro atoms. The minimum absolute atomic E-state index is 0.00785. The summed E-state index contributed by atoms with van der Waals surface area (Å²) in [7, 11) is 3.61. The molecular weight excluding hydrogens is 374 g/mol. The fourth-order valence-corrected chi connectivity index (χ4v) is 4.54. The van der Waals surface area contributed by atoms with E-state index in [0.717, 1.165) is 29.7 Å². The van der Waals surface area contributed by atoms with Gasteiger partial charge in [0.2, 0.25) is 0 Å². The van der Waals surface area contributed by atoms with Crippen LogP contribution < -0.4 is 5.69 Å². The van der Waals surface area contributed by atoms with Crippen molar-refractivity contribution in [3.63, 3.8) is 0 Å². The maximum Gasteiger partial charge on any atom is 0.328 e. The number of likely N-dealkylation sites (tertiary alicyclic amines) is 1. The Balaban J connectivity index is 1.53. The van der Waals surface area contributed by atoms with Crippen LogP contribution in [0.4, 0.5) is 0 Å². The number of rotatable bonds is 3. The Kier molecular flexibility index (Phi) is 4.86. The second kappa shape index (κ2) is 7.07. The highest BCUT2D eigenvalue weighted by atomic mass is 35.5. The summed E-state index contributed by atoms with van der Waals surface area (Å²) in [5.41, 5.74) is 3.19. The van der Waals surface area contributed by atoms with Gasteiger partial charge in [0.25, 0.3) is 0 Å². The SMILES string of the molecule is C[C@H]1C[C@@](O)(c2ccc(Cl)cc2)CCN1Cc1ccc2c(c1)n(C)c(=O)n2C. The number of halogens is 1. The van der Waals surface area contributed by atoms with Gasteiger partial charge < -0.3 is 5.11 Å². The molecule has 1 saturated heterocycles. The Morgan fingerprint density at radius 1 is 1.11 bits per heavy atom. The average molecular weight is 400 g/mol. The molecule has 0 aliphatic carbocycles. The molecule has 3 aromatic rings. The molecule has 0 unspecified atom stereocenters. The van der Waals surface area contributed by atoms with Crippen LogP contribution in [0, 0.1) is 0 Å². The normalized spacial score (nSPS) is 23.4. The number of benzene rings is 2. The van der Waals surface area contributed by atoms with Gasteiger partial charge in [0, 0.05) is 38.2 Å². The van der Waals surface area contributed by atoms with Crippen molar-refractivity contribution in [2.24, 2.45) is 14.1 Å². The maximum atomic E-state index is 12.1. The molecule has 1 N–H and O–H groups in total. The van der Waals surface area contributed by atoms with Gasteiger partial charge in [-0.15, -0.1) is 0 Å². The fourth-order valence-electron chi connectivity index (χ4n) is 4.41. The highest BCUT2D eigenvalue weighted by Crippen LogP contribution is 2.36. The summed E-state index contributed by atoms with van der Waals surface area (Å²) in [5, 5.41) is 11.9. The van der Waals surface area contributed by atoms with Gasteiger partial charge in [-0.3, -0.25) is 14.0 Å². The lowest BCUT2D eigenvalue weighted by Gasteiger charge is -2.43. The molecule has 2 atom stereocenters. The molecule has 1 aliphatic heterocycles. The first-order valence-corrected chi connectivity index (χ1v) is 10.0. The van der Waals surface area contributed by atoms with E-state index in [0.29, 0.717) is 17.9 Å². The number of fused-ring (bicyclic) bond motifs is 1. The summed E-state index contributed by atoms with van der Waals surface area (Å²) in [5.74, 6) is 0. The molecule has 6 heteroatoms. The van der Waals surface area contributed by atoms with E-state index in [4.69, 9.17) is 11.6 Å². The Hall–Kier alpha value is -2.08. The van der Waals surface area contributed by atoms with Gasteiger partial charge in [-0.1, -0.05) is 29.8 Å². The lowest BCUT2D eigenvalue weighted by Crippen LogP contribution is -2.47. The molecule has 4 rings (SSSR count). The predicted octanol–water partition coefficient (Wildman–Crippen LogP) is 3.40. The van der Waals surface area contributed by atoms with E-state index in [1.165, 1.54) is 5.56 Å². The quantitative estimate of drug-likeness (QED) is 0.734. The largest absolute Gasteiger partial charge is 0.385 e. The van der Waals surface area contributed by atoms with Crippen molar-refractivity contribution in [2.45, 2.75) is 38.0 Å². The summed E-state index contributed by atoms with van der Waals surface area (Å²) in [4.78, 5) is 14.5. The van der Waals surface area contributed by atoms with Crippen LogP contribution in [0.1, 0.15) is 30.9 Å². The van der Waals surface area contributed by atoms with Gasteiger partial charge >= 0.3 is 5.69 Å². The predicted molar refractivity (Wildman–Crippen MR) is 113 cm³/mol. The van der Waals surface area contributed by atoms with Gasteiger partial charge in [-0.2, -0.15) is 0 Å². The Morgan fingerprint density at radius 2 is 1.79 bits per heavy atom. The molecule has 0 radical (unpaired) electrons. The summed E-state index contributed by atoms with van der Waals surface area (Å²) in [6.45, 7) is 3.78.